The third-order valence-electron chi connectivity index (χ3n) is 8.43. The van der Waals surface area contributed by atoms with Gasteiger partial charge >= 0.3 is 12.1 Å². The van der Waals surface area contributed by atoms with Gasteiger partial charge in [0, 0.05) is 26.8 Å². The molecule has 7 heteroatoms. The number of alkyl carbamates (subject to hydrolysis) is 1. The summed E-state index contributed by atoms with van der Waals surface area (Å²) >= 11 is 0. The molecule has 0 spiro atoms. The Morgan fingerprint density at radius 2 is 1.09 bits per heavy atom. The molecule has 0 atom stereocenters. The molecular weight excluding hydrogens is 564 g/mol. The lowest BCUT2D eigenvalue weighted by Crippen LogP contribution is -2.38. The smallest absolute Gasteiger partial charge is 0.407 e. The Bertz CT molecular complexity index is 651. The fourth-order valence-corrected chi connectivity index (χ4v) is 5.70. The second-order valence-electron chi connectivity index (χ2n) is 14.1. The van der Waals surface area contributed by atoms with E-state index in [9.17, 15) is 9.59 Å². The van der Waals surface area contributed by atoms with Crippen LogP contribution in [0.3, 0.4) is 0 Å². The predicted octanol–water partition coefficient (Wildman–Crippen LogP) is 10.2. The molecule has 1 N–H and O–H groups in total. The van der Waals surface area contributed by atoms with E-state index in [2.05, 4.69) is 24.1 Å². The molecular formula is C38H76N2O5. The van der Waals surface area contributed by atoms with Crippen molar-refractivity contribution in [1.29, 1.82) is 0 Å². The van der Waals surface area contributed by atoms with Gasteiger partial charge in [0.05, 0.1) is 12.5 Å². The minimum Gasteiger partial charge on any atom is -0.465 e. The molecule has 0 aliphatic heterocycles. The van der Waals surface area contributed by atoms with Gasteiger partial charge in [-0.3, -0.25) is 4.79 Å². The summed E-state index contributed by atoms with van der Waals surface area (Å²) in [6.07, 6.45) is 25.8. The maximum atomic E-state index is 13.0. The third-order valence-corrected chi connectivity index (χ3v) is 8.43. The van der Waals surface area contributed by atoms with E-state index in [1.807, 2.05) is 20.8 Å². The lowest BCUT2D eigenvalue weighted by atomic mass is 9.94. The van der Waals surface area contributed by atoms with E-state index in [1.54, 1.807) is 7.11 Å². The summed E-state index contributed by atoms with van der Waals surface area (Å²) in [5.74, 6) is 0.144. The highest BCUT2D eigenvalue weighted by molar-refractivity contribution is 5.72. The number of hydrogen-bond donors (Lipinski definition) is 1. The zero-order chi connectivity index (χ0) is 33.4. The van der Waals surface area contributed by atoms with Crippen molar-refractivity contribution >= 4 is 12.1 Å². The maximum absolute atomic E-state index is 13.0. The molecule has 0 rings (SSSR count). The molecule has 0 fully saturated rings. The molecule has 0 aromatic heterocycles. The Morgan fingerprint density at radius 1 is 0.622 bits per heavy atom. The number of rotatable bonds is 32. The van der Waals surface area contributed by atoms with Gasteiger partial charge in [0.15, 0.2) is 0 Å². The van der Waals surface area contributed by atoms with Crippen molar-refractivity contribution < 1.29 is 23.8 Å². The second-order valence-corrected chi connectivity index (χ2v) is 14.1. The molecule has 45 heavy (non-hydrogen) atoms. The lowest BCUT2D eigenvalue weighted by Gasteiger charge is -2.24. The van der Waals surface area contributed by atoms with Gasteiger partial charge in [0.25, 0.3) is 0 Å². The van der Waals surface area contributed by atoms with Gasteiger partial charge in [-0.2, -0.15) is 0 Å². The molecule has 7 nitrogen and oxygen atoms in total. The number of unbranched alkanes of at least 4 members (excludes halogenated alkanes) is 16. The van der Waals surface area contributed by atoms with E-state index in [4.69, 9.17) is 14.2 Å². The normalized spacial score (nSPS) is 11.8. The molecule has 0 saturated heterocycles. The van der Waals surface area contributed by atoms with E-state index in [1.165, 1.54) is 70.6 Å². The fraction of sp³-hybridized carbons (Fsp3) is 0.947. The van der Waals surface area contributed by atoms with E-state index >= 15 is 0 Å². The van der Waals surface area contributed by atoms with Crippen LogP contribution in [0.2, 0.25) is 0 Å². The fourth-order valence-electron chi connectivity index (χ4n) is 5.70. The van der Waals surface area contributed by atoms with Crippen LogP contribution in [0.15, 0.2) is 0 Å². The minimum atomic E-state index is -0.480. The van der Waals surface area contributed by atoms with Gasteiger partial charge in [-0.25, -0.2) is 4.79 Å². The number of nitrogens with one attached hydrogen (secondary N) is 1. The van der Waals surface area contributed by atoms with Gasteiger partial charge in [0.1, 0.15) is 5.60 Å². The number of methoxy groups -OCH3 is 1. The number of ether oxygens (including phenoxy) is 3. The Labute approximate surface area is 279 Å². The van der Waals surface area contributed by atoms with Gasteiger partial charge in [-0.1, -0.05) is 110 Å². The number of carbonyl (C=O) groups is 2. The first-order valence-corrected chi connectivity index (χ1v) is 19.1. The maximum Gasteiger partial charge on any atom is 0.407 e. The van der Waals surface area contributed by atoms with Crippen molar-refractivity contribution in [3.05, 3.63) is 0 Å². The first kappa shape index (κ1) is 43.7. The van der Waals surface area contributed by atoms with Crippen LogP contribution >= 0.6 is 0 Å². The van der Waals surface area contributed by atoms with Crippen molar-refractivity contribution in [2.75, 3.05) is 46.5 Å². The Hall–Kier alpha value is -1.34. The van der Waals surface area contributed by atoms with E-state index in [0.29, 0.717) is 13.2 Å². The van der Waals surface area contributed by atoms with E-state index < -0.39 is 5.60 Å². The average Bonchev–Trinajstić information content (AvgIpc) is 2.99. The highest BCUT2D eigenvalue weighted by atomic mass is 16.6. The number of nitrogens with zero attached hydrogens (tertiary/aromatic N) is 1. The van der Waals surface area contributed by atoms with Crippen LogP contribution in [0, 0.1) is 5.92 Å². The SMILES string of the molecule is CCCCCCCCC(CCCCCCCC)C(=O)OCCCCCCCN(CCCCCOC)CCNC(=O)OC(C)(C)C. The van der Waals surface area contributed by atoms with Gasteiger partial charge in [-0.05, 0) is 78.8 Å². The number of amides is 1. The third kappa shape index (κ3) is 31.0. The van der Waals surface area contributed by atoms with Crippen LogP contribution in [0.4, 0.5) is 4.79 Å². The van der Waals surface area contributed by atoms with Crippen molar-refractivity contribution in [2.45, 2.75) is 181 Å². The largest absolute Gasteiger partial charge is 0.465 e. The Morgan fingerprint density at radius 3 is 1.62 bits per heavy atom. The van der Waals surface area contributed by atoms with Gasteiger partial charge in [0.2, 0.25) is 0 Å². The van der Waals surface area contributed by atoms with Crippen LogP contribution in [-0.2, 0) is 19.0 Å². The minimum absolute atomic E-state index is 0.0539. The summed E-state index contributed by atoms with van der Waals surface area (Å²) in [6.45, 7) is 15.0. The first-order chi connectivity index (χ1) is 21.7. The van der Waals surface area contributed by atoms with Crippen molar-refractivity contribution in [3.63, 3.8) is 0 Å². The quantitative estimate of drug-likeness (QED) is 0.0582. The predicted molar refractivity (Wildman–Crippen MR) is 190 cm³/mol. The Balaban J connectivity index is 4.33. The molecule has 0 aromatic carbocycles. The highest BCUT2D eigenvalue weighted by Gasteiger charge is 2.19. The van der Waals surface area contributed by atoms with Crippen molar-refractivity contribution in [2.24, 2.45) is 5.92 Å². The van der Waals surface area contributed by atoms with Crippen LogP contribution in [0.1, 0.15) is 176 Å². The summed E-state index contributed by atoms with van der Waals surface area (Å²) in [4.78, 5) is 27.4. The van der Waals surface area contributed by atoms with Crippen LogP contribution < -0.4 is 5.32 Å². The molecule has 1 amide bonds. The number of hydrogen-bond acceptors (Lipinski definition) is 6. The number of carbonyl (C=O) groups excluding carboxylic acids is 2. The molecule has 268 valence electrons. The first-order valence-electron chi connectivity index (χ1n) is 19.1. The summed E-state index contributed by atoms with van der Waals surface area (Å²) in [6, 6.07) is 0. The monoisotopic (exact) mass is 641 g/mol. The van der Waals surface area contributed by atoms with Crippen LogP contribution in [0.5, 0.6) is 0 Å². The molecule has 0 aliphatic carbocycles. The van der Waals surface area contributed by atoms with Crippen molar-refractivity contribution in [1.82, 2.24) is 10.2 Å². The molecule has 0 aliphatic rings. The molecule has 0 bridgehead atoms. The van der Waals surface area contributed by atoms with E-state index in [0.717, 1.165) is 96.9 Å². The Kier molecular flexibility index (Phi) is 30.3. The lowest BCUT2D eigenvalue weighted by molar-refractivity contribution is -0.149. The van der Waals surface area contributed by atoms with Gasteiger partial charge < -0.3 is 24.4 Å². The molecule has 0 saturated carbocycles. The molecule has 0 heterocycles. The standard InChI is InChI=1S/C38H76N2O5/c1-7-9-11-13-16-21-27-35(28-22-17-14-12-10-8-2)36(41)44-34-26-19-15-18-23-30-40(31-24-20-25-33-43-6)32-29-39-37(42)45-38(3,4)5/h35H,7-34H2,1-6H3,(H,39,42). The summed E-state index contributed by atoms with van der Waals surface area (Å²) < 4.78 is 16.4. The molecule has 0 unspecified atom stereocenters. The van der Waals surface area contributed by atoms with Crippen LogP contribution in [0.25, 0.3) is 0 Å². The van der Waals surface area contributed by atoms with E-state index in [-0.39, 0.29) is 18.0 Å². The molecule has 0 radical (unpaired) electrons. The van der Waals surface area contributed by atoms with Crippen molar-refractivity contribution in [3.8, 4) is 0 Å². The average molecular weight is 641 g/mol. The summed E-state index contributed by atoms with van der Waals surface area (Å²) in [5, 5.41) is 2.90. The second kappa shape index (κ2) is 31.3. The summed E-state index contributed by atoms with van der Waals surface area (Å²) in [7, 11) is 1.75. The van der Waals surface area contributed by atoms with Gasteiger partial charge in [-0.15, -0.1) is 0 Å². The molecule has 0 aromatic rings. The highest BCUT2D eigenvalue weighted by Crippen LogP contribution is 2.21. The topological polar surface area (TPSA) is 77.1 Å². The van der Waals surface area contributed by atoms with Crippen LogP contribution in [-0.4, -0.2) is 69.1 Å². The summed E-state index contributed by atoms with van der Waals surface area (Å²) in [5.41, 5.74) is -0.480. The zero-order valence-electron chi connectivity index (χ0n) is 30.9. The zero-order valence-corrected chi connectivity index (χ0v) is 30.9. The number of esters is 1.